The number of amides is 8. The molecule has 21 nitrogen and oxygen atoms in total. The van der Waals surface area contributed by atoms with Gasteiger partial charge in [-0.2, -0.15) is 0 Å². The predicted molar refractivity (Wildman–Crippen MR) is 323 cm³/mol. The van der Waals surface area contributed by atoms with Crippen molar-refractivity contribution in [2.24, 2.45) is 23.1 Å². The van der Waals surface area contributed by atoms with Gasteiger partial charge in [0, 0.05) is 59.8 Å². The Morgan fingerprint density at radius 3 is 1.92 bits per heavy atom. The minimum atomic E-state index is -1.37. The van der Waals surface area contributed by atoms with Crippen molar-refractivity contribution in [1.29, 1.82) is 0 Å². The molecule has 7 aromatic rings. The van der Waals surface area contributed by atoms with E-state index in [4.69, 9.17) is 17.2 Å². The van der Waals surface area contributed by atoms with Crippen LogP contribution >= 0.6 is 21.6 Å². The molecule has 5 aromatic carbocycles. The molecular weight excluding hydrogens is 1090 g/mol. The largest absolute Gasteiger partial charge is 0.368 e. The summed E-state index contributed by atoms with van der Waals surface area (Å²) >= 11 is 0. The lowest BCUT2D eigenvalue weighted by Gasteiger charge is -2.29. The van der Waals surface area contributed by atoms with Crippen LogP contribution in [0.2, 0.25) is 0 Å². The van der Waals surface area contributed by atoms with Gasteiger partial charge in [-0.05, 0) is 82.4 Å². The van der Waals surface area contributed by atoms with Crippen molar-refractivity contribution >= 4 is 101 Å². The number of H-pyrrole nitrogens is 2. The second-order valence-electron chi connectivity index (χ2n) is 21.1. The van der Waals surface area contributed by atoms with E-state index in [1.54, 1.807) is 20.0 Å². The number of hydrogen-bond donors (Lipinski definition) is 12. The highest BCUT2D eigenvalue weighted by atomic mass is 33.1. The molecule has 0 unspecified atom stereocenters. The molecule has 1 aliphatic heterocycles. The lowest BCUT2D eigenvalue weighted by molar-refractivity contribution is -0.136. The Morgan fingerprint density at radius 1 is 0.663 bits per heavy atom. The fraction of sp³-hybridized carbons (Fsp3) is 0.350. The van der Waals surface area contributed by atoms with Crippen molar-refractivity contribution in [3.05, 3.63) is 150 Å². The van der Waals surface area contributed by atoms with Crippen LogP contribution in [0.15, 0.2) is 128 Å². The summed E-state index contributed by atoms with van der Waals surface area (Å²) in [6.45, 7) is 3.71. The highest BCUT2D eigenvalue weighted by Crippen LogP contribution is 2.25. The zero-order chi connectivity index (χ0) is 59.0. The molecule has 3 heterocycles. The van der Waals surface area contributed by atoms with Crippen LogP contribution in [0.4, 0.5) is 0 Å². The molecule has 0 bridgehead atoms. The van der Waals surface area contributed by atoms with Crippen LogP contribution in [0.25, 0.3) is 32.4 Å². The van der Waals surface area contributed by atoms with E-state index in [9.17, 15) is 38.4 Å². The summed E-state index contributed by atoms with van der Waals surface area (Å²) < 4.78 is 0. The van der Waals surface area contributed by atoms with E-state index in [0.717, 1.165) is 59.6 Å². The summed E-state index contributed by atoms with van der Waals surface area (Å²) in [7, 11) is 2.16. The van der Waals surface area contributed by atoms with E-state index >= 15 is 0 Å². The molecular formula is C60H71N13O8S2. The Kier molecular flexibility index (Phi) is 21.4. The van der Waals surface area contributed by atoms with E-state index in [2.05, 4.69) is 52.2 Å². The molecule has 8 atom stereocenters. The second kappa shape index (κ2) is 29.1. The number of aromatic nitrogens is 3. The van der Waals surface area contributed by atoms with Gasteiger partial charge in [-0.1, -0.05) is 139 Å². The van der Waals surface area contributed by atoms with Crippen molar-refractivity contribution in [3.63, 3.8) is 0 Å². The van der Waals surface area contributed by atoms with Gasteiger partial charge >= 0.3 is 0 Å². The standard InChI is InChI=1S/C60H71N13O8S2/c1-34(2)52-60(81)72-51(58(79)68-47(53(63)74)26-36-19-21-38-12-4-6-14-40(38)24-36)32-83-82-31-50(71-54(75)44(62)25-35-18-20-37-11-3-5-13-39(37)23-35)59(80)70-49(28-42-30-64-33-66-42)57(78)69-48(27-41-29-65-45-16-8-7-15-43(41)45)56(77)67-46(55(76)73-52)17-9-10-22-61/h3-8,11-16,18-21,23-24,29-30,33-34,44,46-52,65H,9-10,17,22,25-28,31-32,61-62H2,1-2H3,(H2,63,74)(H,64,66)(H,67,77)(H,68,79)(H,69,78)(H,70,80)(H,71,75)(H,72,81)(H,73,76)/t44-,46-,47-,48+,49-,50+,51-,52-/m0/s1. The smallest absolute Gasteiger partial charge is 0.244 e. The molecule has 0 aliphatic carbocycles. The highest BCUT2D eigenvalue weighted by molar-refractivity contribution is 8.76. The number of carbonyl (C=O) groups excluding carboxylic acids is 8. The molecule has 2 aromatic heterocycles. The van der Waals surface area contributed by atoms with Crippen molar-refractivity contribution in [2.75, 3.05) is 18.1 Å². The normalized spacial score (nSPS) is 20.6. The number of para-hydroxylation sites is 1. The molecule has 23 heteroatoms. The number of benzene rings is 5. The molecule has 8 amide bonds. The molecule has 15 N–H and O–H groups in total. The maximum absolute atomic E-state index is 14.9. The predicted octanol–water partition coefficient (Wildman–Crippen LogP) is 2.85. The summed E-state index contributed by atoms with van der Waals surface area (Å²) in [5.74, 6) is -6.89. The van der Waals surface area contributed by atoms with Crippen molar-refractivity contribution in [2.45, 2.75) is 107 Å². The van der Waals surface area contributed by atoms with Gasteiger partial charge in [-0.3, -0.25) is 38.4 Å². The average molecular weight is 1170 g/mol. The van der Waals surface area contributed by atoms with Gasteiger partial charge in [-0.15, -0.1) is 0 Å². The van der Waals surface area contributed by atoms with Gasteiger partial charge in [0.05, 0.1) is 12.4 Å². The van der Waals surface area contributed by atoms with Crippen molar-refractivity contribution < 1.29 is 38.4 Å². The van der Waals surface area contributed by atoms with Crippen LogP contribution in [0.1, 0.15) is 55.5 Å². The topological polar surface area (TPSA) is 343 Å². The Bertz CT molecular complexity index is 3430. The maximum atomic E-state index is 14.9. The second-order valence-corrected chi connectivity index (χ2v) is 23.6. The third kappa shape index (κ3) is 16.7. The molecule has 1 aliphatic rings. The Labute approximate surface area is 488 Å². The number of rotatable bonds is 18. The fourth-order valence-electron chi connectivity index (χ4n) is 9.87. The minimum Gasteiger partial charge on any atom is -0.368 e. The number of fused-ring (bicyclic) bond motifs is 3. The number of unbranched alkanes of at least 4 members (excludes halogenated alkanes) is 1. The minimum absolute atomic E-state index is 0.0257. The first-order valence-corrected chi connectivity index (χ1v) is 30.1. The summed E-state index contributed by atoms with van der Waals surface area (Å²) in [5, 5.41) is 24.3. The number of aromatic amines is 2. The molecule has 83 heavy (non-hydrogen) atoms. The first-order valence-electron chi connectivity index (χ1n) is 27.6. The third-order valence-electron chi connectivity index (χ3n) is 14.5. The summed E-state index contributed by atoms with van der Waals surface area (Å²) in [6, 6.07) is 23.9. The van der Waals surface area contributed by atoms with Crippen molar-refractivity contribution in [3.8, 4) is 0 Å². The van der Waals surface area contributed by atoms with E-state index in [1.165, 1.54) is 12.5 Å². The number of nitrogens with one attached hydrogen (secondary N) is 9. The van der Waals surface area contributed by atoms with Crippen LogP contribution < -0.4 is 54.4 Å². The zero-order valence-electron chi connectivity index (χ0n) is 46.2. The van der Waals surface area contributed by atoms with Gasteiger partial charge in [0.15, 0.2) is 0 Å². The van der Waals surface area contributed by atoms with Gasteiger partial charge < -0.3 is 64.4 Å². The Morgan fingerprint density at radius 2 is 1.27 bits per heavy atom. The van der Waals surface area contributed by atoms with Crippen LogP contribution in [0.5, 0.6) is 0 Å². The zero-order valence-corrected chi connectivity index (χ0v) is 47.8. The first kappa shape index (κ1) is 60.8. The number of nitrogens with two attached hydrogens (primary N) is 3. The molecule has 436 valence electrons. The monoisotopic (exact) mass is 1170 g/mol. The summed E-state index contributed by atoms with van der Waals surface area (Å²) in [6.07, 6.45) is 5.56. The fourth-order valence-corrected chi connectivity index (χ4v) is 12.2. The molecule has 1 saturated heterocycles. The number of hydrogen-bond acceptors (Lipinski definition) is 13. The molecule has 0 radical (unpaired) electrons. The Hall–Kier alpha value is -8.25. The number of nitrogens with zero attached hydrogens (tertiary/aromatic N) is 1. The summed E-state index contributed by atoms with van der Waals surface area (Å²) in [5.41, 5.74) is 21.8. The van der Waals surface area contributed by atoms with E-state index in [1.807, 2.05) is 109 Å². The third-order valence-corrected chi connectivity index (χ3v) is 16.9. The molecule has 0 saturated carbocycles. The number of carbonyl (C=O) groups is 8. The molecule has 1 fully saturated rings. The number of imidazole rings is 1. The molecule has 8 rings (SSSR count). The van der Waals surface area contributed by atoms with Gasteiger partial charge in [-0.25, -0.2) is 4.98 Å². The van der Waals surface area contributed by atoms with E-state index < -0.39 is 102 Å². The van der Waals surface area contributed by atoms with Crippen LogP contribution in [-0.2, 0) is 64.0 Å². The lowest BCUT2D eigenvalue weighted by atomic mass is 10.00. The maximum Gasteiger partial charge on any atom is 0.244 e. The van der Waals surface area contributed by atoms with Crippen LogP contribution in [-0.4, -0.2) is 129 Å². The SMILES string of the molecule is CC(C)[C@@H]1NC(=O)[C@H](CCCCN)NC(=O)[C@@H](Cc2c[nH]c3ccccc23)NC(=O)[C@H](Cc2cnc[nH]2)NC(=O)[C@H](NC(=O)[C@@H](N)Cc2ccc3ccccc3c2)CSSC[C@@H](C(=O)N[C@@H](Cc2ccc3ccccc3c2)C(N)=O)NC1=O. The van der Waals surface area contributed by atoms with Crippen molar-refractivity contribution in [1.82, 2.24) is 52.2 Å². The highest BCUT2D eigenvalue weighted by Gasteiger charge is 2.36. The van der Waals surface area contributed by atoms with Crippen LogP contribution in [0.3, 0.4) is 0 Å². The first-order chi connectivity index (χ1) is 40.0. The lowest BCUT2D eigenvalue weighted by Crippen LogP contribution is -2.61. The van der Waals surface area contributed by atoms with Gasteiger partial charge in [0.2, 0.25) is 47.3 Å². The molecule has 0 spiro atoms. The van der Waals surface area contributed by atoms with Gasteiger partial charge in [0.1, 0.15) is 42.3 Å². The van der Waals surface area contributed by atoms with E-state index in [0.29, 0.717) is 36.2 Å². The average Bonchev–Trinajstić information content (AvgIpc) is 4.35. The van der Waals surface area contributed by atoms with E-state index in [-0.39, 0.29) is 43.6 Å². The summed E-state index contributed by atoms with van der Waals surface area (Å²) in [4.78, 5) is 126. The van der Waals surface area contributed by atoms with Crippen LogP contribution in [0, 0.1) is 5.92 Å². The Balaban J connectivity index is 1.13. The number of primary amides is 1. The quantitative estimate of drug-likeness (QED) is 0.0435. The van der Waals surface area contributed by atoms with Gasteiger partial charge in [0.25, 0.3) is 0 Å².